The average Bonchev–Trinajstić information content (AvgIpc) is 2.33. The summed E-state index contributed by atoms with van der Waals surface area (Å²) in [5.74, 6) is 1.14. The Labute approximate surface area is 53.3 Å². The highest BCUT2D eigenvalue weighted by atomic mass is 16.5. The minimum atomic E-state index is 0.676. The fourth-order valence-corrected chi connectivity index (χ4v) is 1.01. The number of nitrogens with zero attached hydrogens (tertiary/aromatic N) is 2. The predicted molar refractivity (Wildman–Crippen MR) is 31.9 cm³/mol. The van der Waals surface area contributed by atoms with Crippen LogP contribution in [0.5, 0.6) is 0 Å². The summed E-state index contributed by atoms with van der Waals surface area (Å²) < 4.78 is 7.19. The van der Waals surface area contributed by atoms with Crippen LogP contribution in [0.25, 0.3) is 0 Å². The number of fused-ring (bicyclic) bond motifs is 1. The fourth-order valence-electron chi connectivity index (χ4n) is 1.01. The van der Waals surface area contributed by atoms with E-state index in [4.69, 9.17) is 4.74 Å². The van der Waals surface area contributed by atoms with Gasteiger partial charge in [0.25, 0.3) is 0 Å². The van der Waals surface area contributed by atoms with Crippen molar-refractivity contribution in [1.82, 2.24) is 9.55 Å². The molecule has 0 aliphatic carbocycles. The van der Waals surface area contributed by atoms with Crippen LogP contribution in [-0.4, -0.2) is 16.2 Å². The van der Waals surface area contributed by atoms with Crippen molar-refractivity contribution in [3.05, 3.63) is 18.2 Å². The number of hydrogen-bond acceptors (Lipinski definition) is 2. The minimum Gasteiger partial charge on any atom is -0.360 e. The molecule has 48 valence electrons. The molecule has 3 heteroatoms. The zero-order valence-corrected chi connectivity index (χ0v) is 5.08. The molecule has 0 saturated heterocycles. The zero-order valence-electron chi connectivity index (χ0n) is 5.08. The maximum Gasteiger partial charge on any atom is 0.124 e. The molecule has 0 spiro atoms. The Morgan fingerprint density at radius 3 is 3.56 bits per heavy atom. The van der Waals surface area contributed by atoms with Crippen LogP contribution in [0.15, 0.2) is 12.4 Å². The summed E-state index contributed by atoms with van der Waals surface area (Å²) in [5.41, 5.74) is 0. The first-order valence-electron chi connectivity index (χ1n) is 3.04. The first kappa shape index (κ1) is 4.99. The fraction of sp³-hybridized carbons (Fsp3) is 0.500. The minimum absolute atomic E-state index is 0.676. The standard InChI is InChI=1S/C6H8N2O/c1-4-9-5-8-3-2-7-6(1)8/h2-3H,1,4-5H2. The topological polar surface area (TPSA) is 27.1 Å². The zero-order chi connectivity index (χ0) is 6.10. The highest BCUT2D eigenvalue weighted by Crippen LogP contribution is 2.04. The number of ether oxygens (including phenoxy) is 1. The van der Waals surface area contributed by atoms with Crippen LogP contribution in [0.4, 0.5) is 0 Å². The number of rotatable bonds is 0. The van der Waals surface area contributed by atoms with Crippen molar-refractivity contribution in [2.45, 2.75) is 13.2 Å². The maximum atomic E-state index is 5.18. The highest BCUT2D eigenvalue weighted by molar-refractivity contribution is 4.93. The van der Waals surface area contributed by atoms with Crippen molar-refractivity contribution < 1.29 is 4.74 Å². The molecular weight excluding hydrogens is 116 g/mol. The lowest BCUT2D eigenvalue weighted by molar-refractivity contribution is 0.0558. The van der Waals surface area contributed by atoms with Crippen LogP contribution >= 0.6 is 0 Å². The molecule has 2 rings (SSSR count). The first-order chi connectivity index (χ1) is 4.47. The smallest absolute Gasteiger partial charge is 0.124 e. The first-order valence-corrected chi connectivity index (χ1v) is 3.04. The summed E-state index contributed by atoms with van der Waals surface area (Å²) in [6.45, 7) is 1.49. The van der Waals surface area contributed by atoms with E-state index in [0.717, 1.165) is 18.9 Å². The molecular formula is C6H8N2O. The molecule has 0 atom stereocenters. The van der Waals surface area contributed by atoms with Gasteiger partial charge >= 0.3 is 0 Å². The molecule has 1 aliphatic rings. The van der Waals surface area contributed by atoms with Gasteiger partial charge in [0.15, 0.2) is 0 Å². The van der Waals surface area contributed by atoms with Gasteiger partial charge in [-0.2, -0.15) is 0 Å². The van der Waals surface area contributed by atoms with Gasteiger partial charge in [0.05, 0.1) is 6.61 Å². The van der Waals surface area contributed by atoms with E-state index < -0.39 is 0 Å². The van der Waals surface area contributed by atoms with Crippen LogP contribution < -0.4 is 0 Å². The number of imidazole rings is 1. The molecule has 2 heterocycles. The summed E-state index contributed by atoms with van der Waals surface area (Å²) in [7, 11) is 0. The molecule has 0 fully saturated rings. The third kappa shape index (κ3) is 0.733. The largest absolute Gasteiger partial charge is 0.360 e. The van der Waals surface area contributed by atoms with Crippen molar-refractivity contribution in [1.29, 1.82) is 0 Å². The van der Waals surface area contributed by atoms with Gasteiger partial charge in [-0.05, 0) is 0 Å². The molecule has 9 heavy (non-hydrogen) atoms. The molecule has 3 nitrogen and oxygen atoms in total. The predicted octanol–water partition coefficient (Wildman–Crippen LogP) is 0.413. The van der Waals surface area contributed by atoms with Crippen molar-refractivity contribution in [3.8, 4) is 0 Å². The Hall–Kier alpha value is -0.830. The van der Waals surface area contributed by atoms with Gasteiger partial charge in [-0.3, -0.25) is 0 Å². The average molecular weight is 124 g/mol. The Balaban J connectivity index is 2.39. The summed E-state index contributed by atoms with van der Waals surface area (Å²) in [4.78, 5) is 4.14. The molecule has 1 aromatic rings. The van der Waals surface area contributed by atoms with Gasteiger partial charge in [0.1, 0.15) is 12.6 Å². The van der Waals surface area contributed by atoms with Gasteiger partial charge in [0, 0.05) is 18.8 Å². The van der Waals surface area contributed by atoms with Crippen molar-refractivity contribution in [2.24, 2.45) is 0 Å². The van der Waals surface area contributed by atoms with Gasteiger partial charge in [-0.15, -0.1) is 0 Å². The van der Waals surface area contributed by atoms with Crippen LogP contribution in [0, 0.1) is 0 Å². The lowest BCUT2D eigenvalue weighted by atomic mass is 10.4. The molecule has 1 aromatic heterocycles. The molecule has 0 saturated carbocycles. The Bertz CT molecular complexity index is 186. The van der Waals surface area contributed by atoms with E-state index in [1.165, 1.54) is 0 Å². The van der Waals surface area contributed by atoms with Crippen LogP contribution in [0.2, 0.25) is 0 Å². The molecule has 0 bridgehead atoms. The van der Waals surface area contributed by atoms with Gasteiger partial charge in [-0.1, -0.05) is 0 Å². The molecule has 0 unspecified atom stereocenters. The van der Waals surface area contributed by atoms with Gasteiger partial charge in [-0.25, -0.2) is 4.98 Å². The molecule has 1 aliphatic heterocycles. The summed E-state index contributed by atoms with van der Waals surface area (Å²) in [5, 5.41) is 0. The van der Waals surface area contributed by atoms with Gasteiger partial charge < -0.3 is 9.30 Å². The Kier molecular flexibility index (Phi) is 1.02. The summed E-state index contributed by atoms with van der Waals surface area (Å²) in [6, 6.07) is 0. The van der Waals surface area contributed by atoms with Crippen LogP contribution in [0.3, 0.4) is 0 Å². The summed E-state index contributed by atoms with van der Waals surface area (Å²) >= 11 is 0. The lowest BCUT2D eigenvalue weighted by Gasteiger charge is -2.13. The van der Waals surface area contributed by atoms with E-state index in [0.29, 0.717) is 6.73 Å². The van der Waals surface area contributed by atoms with E-state index in [1.807, 2.05) is 17.0 Å². The highest BCUT2D eigenvalue weighted by Gasteiger charge is 2.06. The second kappa shape index (κ2) is 1.84. The number of aromatic nitrogens is 2. The quantitative estimate of drug-likeness (QED) is 0.501. The van der Waals surface area contributed by atoms with E-state index in [-0.39, 0.29) is 0 Å². The maximum absolute atomic E-state index is 5.18. The van der Waals surface area contributed by atoms with E-state index in [9.17, 15) is 0 Å². The molecule has 0 aromatic carbocycles. The van der Waals surface area contributed by atoms with E-state index in [1.54, 1.807) is 0 Å². The third-order valence-corrected chi connectivity index (χ3v) is 1.50. The van der Waals surface area contributed by atoms with Crippen molar-refractivity contribution in [2.75, 3.05) is 6.61 Å². The van der Waals surface area contributed by atoms with Crippen LogP contribution in [0.1, 0.15) is 5.82 Å². The third-order valence-electron chi connectivity index (χ3n) is 1.50. The van der Waals surface area contributed by atoms with Crippen LogP contribution in [-0.2, 0) is 17.9 Å². The number of hydrogen-bond donors (Lipinski definition) is 0. The Morgan fingerprint density at radius 2 is 2.67 bits per heavy atom. The normalized spacial score (nSPS) is 17.3. The Morgan fingerprint density at radius 1 is 1.67 bits per heavy atom. The SMILES string of the molecule is c1cn2c(n1)CCOC2. The second-order valence-corrected chi connectivity index (χ2v) is 2.10. The molecule has 0 amide bonds. The van der Waals surface area contributed by atoms with Crippen molar-refractivity contribution in [3.63, 3.8) is 0 Å². The van der Waals surface area contributed by atoms with Crippen molar-refractivity contribution >= 4 is 0 Å². The molecule has 0 radical (unpaired) electrons. The summed E-state index contributed by atoms with van der Waals surface area (Å²) in [6.07, 6.45) is 4.70. The molecule has 0 N–H and O–H groups in total. The van der Waals surface area contributed by atoms with E-state index >= 15 is 0 Å². The lowest BCUT2D eigenvalue weighted by Crippen LogP contribution is -2.15. The monoisotopic (exact) mass is 124 g/mol. The van der Waals surface area contributed by atoms with E-state index in [2.05, 4.69) is 4.98 Å². The second-order valence-electron chi connectivity index (χ2n) is 2.10. The van der Waals surface area contributed by atoms with Gasteiger partial charge in [0.2, 0.25) is 0 Å².